The summed E-state index contributed by atoms with van der Waals surface area (Å²) in [6.45, 7) is 5.23. The molecule has 4 nitrogen and oxygen atoms in total. The largest absolute Gasteiger partial charge is 0.496 e. The molecule has 1 aromatic rings. The molecule has 3 fully saturated rings. The summed E-state index contributed by atoms with van der Waals surface area (Å²) in [6.07, 6.45) is 7.53. The van der Waals surface area contributed by atoms with Crippen LogP contribution in [0, 0.1) is 11.2 Å². The van der Waals surface area contributed by atoms with E-state index in [-0.39, 0.29) is 23.4 Å². The Morgan fingerprint density at radius 2 is 2.00 bits per heavy atom. The Bertz CT molecular complexity index is 898. The zero-order valence-corrected chi connectivity index (χ0v) is 17.6. The smallest absolute Gasteiger partial charge is 0.410 e. The first-order valence-corrected chi connectivity index (χ1v) is 10.9. The average Bonchev–Trinajstić information content (AvgIpc) is 3.61. The third kappa shape index (κ3) is 3.23. The van der Waals surface area contributed by atoms with Crippen LogP contribution in [0.4, 0.5) is 9.18 Å². The first-order valence-electron chi connectivity index (χ1n) is 10.9. The molecule has 0 bridgehead atoms. The second-order valence-corrected chi connectivity index (χ2v) is 9.91. The molecule has 1 amide bonds. The molecular weight excluding hydrogens is 369 g/mol. The van der Waals surface area contributed by atoms with Gasteiger partial charge in [0.25, 0.3) is 0 Å². The Morgan fingerprint density at radius 3 is 2.59 bits per heavy atom. The number of methoxy groups -OCH3 is 1. The van der Waals surface area contributed by atoms with Crippen LogP contribution in [-0.2, 0) is 10.2 Å². The van der Waals surface area contributed by atoms with Crippen molar-refractivity contribution < 1.29 is 18.7 Å². The SMILES string of the molecule is COc1cc(F)c(C2(C)CC2)cc1C1=C(CN2C(=O)OCC2C)CC2(CC1)CC2. The Balaban J connectivity index is 1.59. The highest BCUT2D eigenvalue weighted by Crippen LogP contribution is 2.59. The molecule has 0 N–H and O–H groups in total. The second kappa shape index (κ2) is 6.48. The van der Waals surface area contributed by atoms with E-state index in [0.717, 1.165) is 36.8 Å². The van der Waals surface area contributed by atoms with Crippen molar-refractivity contribution in [2.75, 3.05) is 20.3 Å². The van der Waals surface area contributed by atoms with Crippen molar-refractivity contribution in [3.05, 3.63) is 34.6 Å². The molecule has 1 unspecified atom stereocenters. The predicted molar refractivity (Wildman–Crippen MR) is 109 cm³/mol. The first kappa shape index (κ1) is 19.0. The molecule has 1 atom stereocenters. The highest BCUT2D eigenvalue weighted by Gasteiger charge is 2.47. The summed E-state index contributed by atoms with van der Waals surface area (Å²) in [6, 6.07) is 3.68. The van der Waals surface area contributed by atoms with Gasteiger partial charge in [0.1, 0.15) is 18.2 Å². The van der Waals surface area contributed by atoms with E-state index in [4.69, 9.17) is 9.47 Å². The van der Waals surface area contributed by atoms with Crippen molar-refractivity contribution >= 4 is 11.7 Å². The van der Waals surface area contributed by atoms with Gasteiger partial charge in [-0.25, -0.2) is 9.18 Å². The van der Waals surface area contributed by atoms with Crippen molar-refractivity contribution in [3.63, 3.8) is 0 Å². The third-order valence-electron chi connectivity index (χ3n) is 7.72. The van der Waals surface area contributed by atoms with Crippen LogP contribution in [-0.4, -0.2) is 37.3 Å². The highest BCUT2D eigenvalue weighted by atomic mass is 19.1. The summed E-state index contributed by atoms with van der Waals surface area (Å²) in [4.78, 5) is 14.1. The summed E-state index contributed by atoms with van der Waals surface area (Å²) < 4.78 is 25.7. The summed E-state index contributed by atoms with van der Waals surface area (Å²) in [5.41, 5.74) is 4.74. The average molecular weight is 400 g/mol. The van der Waals surface area contributed by atoms with Crippen molar-refractivity contribution in [1.29, 1.82) is 0 Å². The maximum Gasteiger partial charge on any atom is 0.410 e. The normalized spacial score (nSPS) is 26.7. The molecule has 1 spiro atoms. The van der Waals surface area contributed by atoms with Crippen LogP contribution in [0.15, 0.2) is 17.7 Å². The molecule has 5 heteroatoms. The van der Waals surface area contributed by atoms with Gasteiger partial charge in [-0.3, -0.25) is 4.90 Å². The zero-order chi connectivity index (χ0) is 20.4. The molecule has 1 aromatic carbocycles. The van der Waals surface area contributed by atoms with Gasteiger partial charge in [-0.15, -0.1) is 0 Å². The summed E-state index contributed by atoms with van der Waals surface area (Å²) in [5.74, 6) is 0.436. The molecule has 1 aliphatic heterocycles. The lowest BCUT2D eigenvalue weighted by atomic mass is 9.78. The number of carbonyl (C=O) groups excluding carboxylic acids is 1. The number of ether oxygens (including phenoxy) is 2. The van der Waals surface area contributed by atoms with Crippen LogP contribution < -0.4 is 4.74 Å². The Hall–Kier alpha value is -2.04. The van der Waals surface area contributed by atoms with Crippen LogP contribution in [0.1, 0.15) is 69.9 Å². The van der Waals surface area contributed by atoms with Gasteiger partial charge in [-0.05, 0) is 85.5 Å². The molecule has 0 radical (unpaired) electrons. The standard InChI is InChI=1S/C24H30FNO3/c1-15-14-29-22(27)26(15)13-16-12-24(8-9-24)5-4-17(16)18-10-19(23(2)6-7-23)20(25)11-21(18)28-3/h10-11,15H,4-9,12-14H2,1-3H3. The predicted octanol–water partition coefficient (Wildman–Crippen LogP) is 5.44. The van der Waals surface area contributed by atoms with Gasteiger partial charge in [0.05, 0.1) is 13.2 Å². The van der Waals surface area contributed by atoms with E-state index in [1.807, 2.05) is 17.9 Å². The van der Waals surface area contributed by atoms with Gasteiger partial charge >= 0.3 is 6.09 Å². The number of allylic oxidation sites excluding steroid dienone is 1. The fourth-order valence-corrected chi connectivity index (χ4v) is 5.14. The van der Waals surface area contributed by atoms with Gasteiger partial charge in [-0.1, -0.05) is 6.92 Å². The maximum atomic E-state index is 14.8. The van der Waals surface area contributed by atoms with E-state index in [0.29, 0.717) is 24.3 Å². The van der Waals surface area contributed by atoms with Gasteiger partial charge in [0.15, 0.2) is 0 Å². The molecule has 156 valence electrons. The molecule has 29 heavy (non-hydrogen) atoms. The van der Waals surface area contributed by atoms with Crippen LogP contribution in [0.3, 0.4) is 0 Å². The van der Waals surface area contributed by atoms with Crippen LogP contribution in [0.2, 0.25) is 0 Å². The van der Waals surface area contributed by atoms with Crippen LogP contribution in [0.5, 0.6) is 5.75 Å². The van der Waals surface area contributed by atoms with E-state index < -0.39 is 0 Å². The number of hydrogen-bond donors (Lipinski definition) is 0. The van der Waals surface area contributed by atoms with Gasteiger partial charge in [0, 0.05) is 18.2 Å². The van der Waals surface area contributed by atoms with Crippen molar-refractivity contribution in [1.82, 2.24) is 4.90 Å². The van der Waals surface area contributed by atoms with Gasteiger partial charge < -0.3 is 9.47 Å². The van der Waals surface area contributed by atoms with E-state index in [1.54, 1.807) is 13.2 Å². The fraction of sp³-hybridized carbons (Fsp3) is 0.625. The van der Waals surface area contributed by atoms with Gasteiger partial charge in [0.2, 0.25) is 0 Å². The molecule has 5 rings (SSSR count). The Kier molecular flexibility index (Phi) is 4.24. The number of carbonyl (C=O) groups is 1. The lowest BCUT2D eigenvalue weighted by Gasteiger charge is -2.31. The lowest BCUT2D eigenvalue weighted by Crippen LogP contribution is -2.34. The van der Waals surface area contributed by atoms with E-state index in [1.165, 1.54) is 30.4 Å². The number of benzene rings is 1. The summed E-state index contributed by atoms with van der Waals surface area (Å²) in [5, 5.41) is 0. The zero-order valence-electron chi connectivity index (χ0n) is 17.6. The number of amides is 1. The van der Waals surface area contributed by atoms with Crippen LogP contribution in [0.25, 0.3) is 5.57 Å². The van der Waals surface area contributed by atoms with Crippen LogP contribution >= 0.6 is 0 Å². The monoisotopic (exact) mass is 399 g/mol. The third-order valence-corrected chi connectivity index (χ3v) is 7.72. The molecular formula is C24H30FNO3. The number of nitrogens with zero attached hydrogens (tertiary/aromatic N) is 1. The number of hydrogen-bond acceptors (Lipinski definition) is 3. The lowest BCUT2D eigenvalue weighted by molar-refractivity contribution is 0.159. The highest BCUT2D eigenvalue weighted by molar-refractivity contribution is 5.77. The molecule has 4 aliphatic rings. The molecule has 0 aromatic heterocycles. The Labute approximate surface area is 172 Å². The fourth-order valence-electron chi connectivity index (χ4n) is 5.14. The Morgan fingerprint density at radius 1 is 1.24 bits per heavy atom. The number of rotatable bonds is 5. The minimum Gasteiger partial charge on any atom is -0.496 e. The van der Waals surface area contributed by atoms with E-state index >= 15 is 0 Å². The summed E-state index contributed by atoms with van der Waals surface area (Å²) >= 11 is 0. The minimum atomic E-state index is -0.225. The molecule has 1 heterocycles. The quantitative estimate of drug-likeness (QED) is 0.661. The van der Waals surface area contributed by atoms with E-state index in [9.17, 15) is 9.18 Å². The topological polar surface area (TPSA) is 38.8 Å². The first-order chi connectivity index (χ1) is 13.8. The van der Waals surface area contributed by atoms with Gasteiger partial charge in [-0.2, -0.15) is 0 Å². The number of cyclic esters (lactones) is 1. The maximum absolute atomic E-state index is 14.8. The second-order valence-electron chi connectivity index (χ2n) is 9.91. The number of halogens is 1. The van der Waals surface area contributed by atoms with E-state index in [2.05, 4.69) is 6.92 Å². The summed E-state index contributed by atoms with van der Waals surface area (Å²) in [7, 11) is 1.61. The molecule has 2 saturated carbocycles. The van der Waals surface area contributed by atoms with Crippen molar-refractivity contribution in [2.24, 2.45) is 5.41 Å². The molecule has 1 saturated heterocycles. The van der Waals surface area contributed by atoms with Crippen molar-refractivity contribution in [3.8, 4) is 5.75 Å². The minimum absolute atomic E-state index is 0.0501. The molecule has 3 aliphatic carbocycles. The van der Waals surface area contributed by atoms with Crippen molar-refractivity contribution in [2.45, 2.75) is 70.3 Å².